The molecule has 1 aromatic heterocycles. The maximum atomic E-state index is 15.2. The standard InChI is InChI=1S/C24H16F2N2O5S/c1-14-3-6-17(7-4-14)34(30,31)28-10-9-18-21(28)12-20(26)23(22(18)24(29)32-2)33-16-5-8-19(25)15(11-16)13-27/h3-12H,1-2H3. The molecule has 0 amide bonds. The van der Waals surface area contributed by atoms with Gasteiger partial charge in [-0.05, 0) is 37.3 Å². The Morgan fingerprint density at radius 3 is 2.38 bits per heavy atom. The van der Waals surface area contributed by atoms with Crippen molar-refractivity contribution >= 4 is 26.9 Å². The van der Waals surface area contributed by atoms with E-state index in [4.69, 9.17) is 14.7 Å². The number of hydrogen-bond acceptors (Lipinski definition) is 6. The first-order chi connectivity index (χ1) is 16.2. The summed E-state index contributed by atoms with van der Waals surface area (Å²) in [4.78, 5) is 12.6. The van der Waals surface area contributed by atoms with Gasteiger partial charge < -0.3 is 9.47 Å². The van der Waals surface area contributed by atoms with Crippen molar-refractivity contribution < 1.29 is 31.5 Å². The lowest BCUT2D eigenvalue weighted by Gasteiger charge is -2.14. The van der Waals surface area contributed by atoms with Gasteiger partial charge in [-0.15, -0.1) is 0 Å². The third-order valence-electron chi connectivity index (χ3n) is 5.11. The van der Waals surface area contributed by atoms with Gasteiger partial charge in [-0.3, -0.25) is 0 Å². The second-order valence-electron chi connectivity index (χ2n) is 7.27. The number of aryl methyl sites for hydroxylation is 1. The van der Waals surface area contributed by atoms with Crippen LogP contribution in [0.3, 0.4) is 0 Å². The Morgan fingerprint density at radius 1 is 1.03 bits per heavy atom. The zero-order valence-electron chi connectivity index (χ0n) is 17.9. The molecule has 4 rings (SSSR count). The Hall–Kier alpha value is -4.23. The normalized spacial score (nSPS) is 11.3. The molecule has 0 saturated heterocycles. The van der Waals surface area contributed by atoms with Crippen LogP contribution in [-0.2, 0) is 14.8 Å². The molecule has 172 valence electrons. The average Bonchev–Trinajstić information content (AvgIpc) is 3.24. The van der Waals surface area contributed by atoms with Crippen LogP contribution < -0.4 is 4.74 Å². The van der Waals surface area contributed by atoms with E-state index in [2.05, 4.69) is 0 Å². The maximum Gasteiger partial charge on any atom is 0.342 e. The van der Waals surface area contributed by atoms with E-state index >= 15 is 4.39 Å². The van der Waals surface area contributed by atoms with Gasteiger partial charge in [0.2, 0.25) is 0 Å². The summed E-state index contributed by atoms with van der Waals surface area (Å²) < 4.78 is 66.4. The Bertz CT molecular complexity index is 1590. The van der Waals surface area contributed by atoms with Gasteiger partial charge in [0.1, 0.15) is 23.2 Å². The van der Waals surface area contributed by atoms with Gasteiger partial charge in [0.05, 0.1) is 23.1 Å². The highest BCUT2D eigenvalue weighted by molar-refractivity contribution is 7.90. The second-order valence-corrected chi connectivity index (χ2v) is 9.09. The molecule has 4 aromatic rings. The monoisotopic (exact) mass is 482 g/mol. The third-order valence-corrected chi connectivity index (χ3v) is 6.82. The van der Waals surface area contributed by atoms with E-state index < -0.39 is 33.4 Å². The molecular formula is C24H16F2N2O5S. The van der Waals surface area contributed by atoms with E-state index in [1.54, 1.807) is 18.2 Å². The van der Waals surface area contributed by atoms with Crippen molar-refractivity contribution in [1.29, 1.82) is 5.26 Å². The highest BCUT2D eigenvalue weighted by atomic mass is 32.2. The van der Waals surface area contributed by atoms with Crippen molar-refractivity contribution in [2.45, 2.75) is 11.8 Å². The molecule has 0 N–H and O–H groups in total. The van der Waals surface area contributed by atoms with Crippen LogP contribution in [0.5, 0.6) is 11.5 Å². The first-order valence-corrected chi connectivity index (χ1v) is 11.2. The summed E-state index contributed by atoms with van der Waals surface area (Å²) in [5, 5.41) is 9.08. The zero-order valence-corrected chi connectivity index (χ0v) is 18.7. The van der Waals surface area contributed by atoms with Crippen LogP contribution in [0.15, 0.2) is 65.7 Å². The number of carbonyl (C=O) groups is 1. The average molecular weight is 482 g/mol. The summed E-state index contributed by atoms with van der Waals surface area (Å²) in [7, 11) is -3.03. The molecule has 0 bridgehead atoms. The van der Waals surface area contributed by atoms with E-state index in [0.29, 0.717) is 0 Å². The second kappa shape index (κ2) is 8.61. The zero-order chi connectivity index (χ0) is 24.6. The minimum Gasteiger partial charge on any atom is -0.465 e. The minimum atomic E-state index is -4.11. The van der Waals surface area contributed by atoms with E-state index in [-0.39, 0.29) is 32.7 Å². The quantitative estimate of drug-likeness (QED) is 0.375. The molecule has 3 aromatic carbocycles. The minimum absolute atomic E-state index is 0.0219. The highest BCUT2D eigenvalue weighted by Crippen LogP contribution is 2.37. The summed E-state index contributed by atoms with van der Waals surface area (Å²) in [5.41, 5.74) is 0.0484. The van der Waals surface area contributed by atoms with Crippen molar-refractivity contribution in [1.82, 2.24) is 3.97 Å². The fourth-order valence-corrected chi connectivity index (χ4v) is 4.75. The van der Waals surface area contributed by atoms with Gasteiger partial charge in [-0.1, -0.05) is 17.7 Å². The van der Waals surface area contributed by atoms with Crippen LogP contribution in [0, 0.1) is 29.9 Å². The van der Waals surface area contributed by atoms with Crippen molar-refractivity contribution in [2.24, 2.45) is 0 Å². The van der Waals surface area contributed by atoms with Gasteiger partial charge in [0.25, 0.3) is 10.0 Å². The van der Waals surface area contributed by atoms with Crippen LogP contribution >= 0.6 is 0 Å². The number of aromatic nitrogens is 1. The first-order valence-electron chi connectivity index (χ1n) is 9.79. The predicted octanol–water partition coefficient (Wildman–Crippen LogP) is 4.92. The van der Waals surface area contributed by atoms with Crippen LogP contribution in [0.2, 0.25) is 0 Å². The highest BCUT2D eigenvalue weighted by Gasteiger charge is 2.27. The number of nitrogens with zero attached hydrogens (tertiary/aromatic N) is 2. The molecule has 34 heavy (non-hydrogen) atoms. The number of rotatable bonds is 5. The molecule has 0 aliphatic carbocycles. The number of fused-ring (bicyclic) bond motifs is 1. The molecule has 0 aliphatic rings. The summed E-state index contributed by atoms with van der Waals surface area (Å²) in [5.74, 6) is -3.49. The summed E-state index contributed by atoms with van der Waals surface area (Å²) in [6.45, 7) is 1.81. The van der Waals surface area contributed by atoms with Gasteiger partial charge in [0.15, 0.2) is 11.6 Å². The number of nitriles is 1. The number of carbonyl (C=O) groups excluding carboxylic acids is 1. The fourth-order valence-electron chi connectivity index (χ4n) is 3.42. The van der Waals surface area contributed by atoms with Gasteiger partial charge >= 0.3 is 5.97 Å². The predicted molar refractivity (Wildman–Crippen MR) is 118 cm³/mol. The fraction of sp³-hybridized carbons (Fsp3) is 0.0833. The lowest BCUT2D eigenvalue weighted by atomic mass is 10.1. The third kappa shape index (κ3) is 3.86. The molecule has 0 saturated carbocycles. The van der Waals surface area contributed by atoms with E-state index in [0.717, 1.165) is 40.9 Å². The van der Waals surface area contributed by atoms with Gasteiger partial charge in [-0.2, -0.15) is 5.26 Å². The Labute approximate surface area is 193 Å². The topological polar surface area (TPSA) is 98.4 Å². The Balaban J connectivity index is 1.92. The lowest BCUT2D eigenvalue weighted by Crippen LogP contribution is -2.13. The SMILES string of the molecule is COC(=O)c1c(Oc2ccc(F)c(C#N)c2)c(F)cc2c1ccn2S(=O)(=O)c1ccc(C)cc1. The van der Waals surface area contributed by atoms with Crippen LogP contribution in [0.4, 0.5) is 8.78 Å². The number of ether oxygens (including phenoxy) is 2. The van der Waals surface area contributed by atoms with Gasteiger partial charge in [0, 0.05) is 23.7 Å². The van der Waals surface area contributed by atoms with Gasteiger partial charge in [-0.25, -0.2) is 26.0 Å². The molecule has 0 aliphatic heterocycles. The Kier molecular flexibility index (Phi) is 5.81. The number of benzene rings is 3. The molecule has 0 unspecified atom stereocenters. The van der Waals surface area contributed by atoms with E-state index in [1.807, 2.05) is 6.92 Å². The summed E-state index contributed by atoms with van der Waals surface area (Å²) in [6, 6.07) is 13.2. The van der Waals surface area contributed by atoms with Crippen molar-refractivity contribution in [2.75, 3.05) is 7.11 Å². The number of halogens is 2. The molecule has 1 heterocycles. The number of esters is 1. The van der Waals surface area contributed by atoms with E-state index in [1.165, 1.54) is 24.4 Å². The molecular weight excluding hydrogens is 466 g/mol. The summed E-state index contributed by atoms with van der Waals surface area (Å²) in [6.07, 6.45) is 1.20. The maximum absolute atomic E-state index is 15.2. The largest absolute Gasteiger partial charge is 0.465 e. The van der Waals surface area contributed by atoms with Crippen LogP contribution in [-0.4, -0.2) is 25.5 Å². The Morgan fingerprint density at radius 2 is 1.74 bits per heavy atom. The number of hydrogen-bond donors (Lipinski definition) is 0. The van der Waals surface area contributed by atoms with Crippen molar-refractivity contribution in [3.05, 3.63) is 89.1 Å². The molecule has 0 radical (unpaired) electrons. The molecule has 0 spiro atoms. The van der Waals surface area contributed by atoms with Crippen molar-refractivity contribution in [3.63, 3.8) is 0 Å². The first kappa shape index (κ1) is 22.9. The summed E-state index contributed by atoms with van der Waals surface area (Å²) >= 11 is 0. The molecule has 0 atom stereocenters. The lowest BCUT2D eigenvalue weighted by molar-refractivity contribution is 0.0599. The molecule has 0 fully saturated rings. The van der Waals surface area contributed by atoms with Crippen molar-refractivity contribution in [3.8, 4) is 17.6 Å². The smallest absolute Gasteiger partial charge is 0.342 e. The molecule has 7 nitrogen and oxygen atoms in total. The van der Waals surface area contributed by atoms with E-state index in [9.17, 15) is 17.6 Å². The van der Waals surface area contributed by atoms with Crippen LogP contribution in [0.25, 0.3) is 10.9 Å². The molecule has 10 heteroatoms. The number of methoxy groups -OCH3 is 1. The van der Waals surface area contributed by atoms with Crippen LogP contribution in [0.1, 0.15) is 21.5 Å².